The van der Waals surface area contributed by atoms with E-state index < -0.39 is 75.6 Å². The molecule has 0 atom stereocenters. The standard InChI is InChI=1S/C47H47F4N4O8/c1-46(2)19-23(21-56)27-17-29-34(35-36(38(49)40(51)39(50)37(35)48)45(61)52(5)14-8-11-33(60)63-55-31(58)12-13-32(55)59)30-18-28-24(22-57)20-47(3,4)54-16-7-10-26(42(28)54)44(30)62-43(29)25-9-6-15-53(46)41(25)27/h17-20,56-57H,6-16,21-22H2,1-5H3/q+1. The number of amides is 3. The van der Waals surface area contributed by atoms with E-state index in [0.29, 0.717) is 66.1 Å². The fraction of sp³-hybridized carbons (Fsp3) is 0.426. The van der Waals surface area contributed by atoms with Crippen LogP contribution in [0.3, 0.4) is 0 Å². The quantitative estimate of drug-likeness (QED) is 0.0814. The lowest BCUT2D eigenvalue weighted by molar-refractivity contribution is -0.197. The van der Waals surface area contributed by atoms with E-state index >= 15 is 17.6 Å². The Balaban J connectivity index is 1.29. The molecule has 1 fully saturated rings. The van der Waals surface area contributed by atoms with E-state index in [-0.39, 0.29) is 66.9 Å². The van der Waals surface area contributed by atoms with Crippen LogP contribution < -0.4 is 24.8 Å². The van der Waals surface area contributed by atoms with Crippen molar-refractivity contribution in [3.05, 3.63) is 97.1 Å². The molecule has 6 aliphatic rings. The molecule has 0 radical (unpaired) electrons. The number of nitrogens with zero attached hydrogens (tertiary/aromatic N) is 4. The second-order valence-corrected chi connectivity index (χ2v) is 18.1. The van der Waals surface area contributed by atoms with Crippen molar-refractivity contribution in [1.29, 1.82) is 0 Å². The minimum Gasteiger partial charge on any atom is -0.455 e. The Hall–Kier alpha value is -5.87. The number of rotatable bonds is 9. The van der Waals surface area contributed by atoms with E-state index in [1.54, 1.807) is 12.1 Å². The predicted molar refractivity (Wildman–Crippen MR) is 222 cm³/mol. The summed E-state index contributed by atoms with van der Waals surface area (Å²) in [5.74, 6) is -11.1. The number of imide groups is 1. The molecular weight excluding hydrogens is 825 g/mol. The third kappa shape index (κ3) is 6.49. The number of hydrogen-bond acceptors (Lipinski definition) is 9. The van der Waals surface area contributed by atoms with Gasteiger partial charge in [0.1, 0.15) is 18.0 Å². The first-order chi connectivity index (χ1) is 29.9. The summed E-state index contributed by atoms with van der Waals surface area (Å²) in [7, 11) is 1.23. The van der Waals surface area contributed by atoms with Gasteiger partial charge >= 0.3 is 5.97 Å². The molecule has 0 saturated carbocycles. The van der Waals surface area contributed by atoms with Crippen LogP contribution >= 0.6 is 0 Å². The molecular formula is C47H47F4N4O8+. The van der Waals surface area contributed by atoms with Gasteiger partial charge in [0, 0.05) is 92.7 Å². The number of halogens is 4. The summed E-state index contributed by atoms with van der Waals surface area (Å²) in [6, 6.07) is 3.34. The first kappa shape index (κ1) is 42.4. The lowest BCUT2D eigenvalue weighted by Crippen LogP contribution is -2.53. The molecule has 16 heteroatoms. The van der Waals surface area contributed by atoms with E-state index in [0.717, 1.165) is 27.1 Å². The van der Waals surface area contributed by atoms with E-state index in [2.05, 4.69) is 9.48 Å². The van der Waals surface area contributed by atoms with Crippen LogP contribution in [0.1, 0.15) is 110 Å². The highest BCUT2D eigenvalue weighted by Gasteiger charge is 2.44. The lowest BCUT2D eigenvalue weighted by Gasteiger charge is -2.47. The fourth-order valence-electron chi connectivity index (χ4n) is 10.4. The zero-order valence-corrected chi connectivity index (χ0v) is 35.6. The maximum atomic E-state index is 17.1. The van der Waals surface area contributed by atoms with Gasteiger partial charge in [0.25, 0.3) is 17.7 Å². The van der Waals surface area contributed by atoms with Crippen LogP contribution in [-0.4, -0.2) is 94.8 Å². The highest BCUT2D eigenvalue weighted by molar-refractivity contribution is 6.04. The van der Waals surface area contributed by atoms with E-state index in [1.807, 2.05) is 39.8 Å². The molecule has 0 spiro atoms. The van der Waals surface area contributed by atoms with E-state index in [9.17, 15) is 29.4 Å². The molecule has 0 bridgehead atoms. The topological polar surface area (TPSA) is 140 Å². The van der Waals surface area contributed by atoms with Crippen LogP contribution in [0, 0.1) is 23.3 Å². The molecule has 3 aromatic carbocycles. The van der Waals surface area contributed by atoms with Gasteiger partial charge in [0.05, 0.1) is 41.1 Å². The van der Waals surface area contributed by atoms with Crippen molar-refractivity contribution >= 4 is 46.1 Å². The summed E-state index contributed by atoms with van der Waals surface area (Å²) in [4.78, 5) is 59.1. The van der Waals surface area contributed by atoms with Gasteiger partial charge in [-0.3, -0.25) is 14.4 Å². The smallest absolute Gasteiger partial charge is 0.333 e. The molecule has 6 aliphatic heterocycles. The van der Waals surface area contributed by atoms with Crippen molar-refractivity contribution in [2.45, 2.75) is 90.1 Å². The Kier molecular flexibility index (Phi) is 10.2. The van der Waals surface area contributed by atoms with Gasteiger partial charge in [-0.1, -0.05) is 6.08 Å². The summed E-state index contributed by atoms with van der Waals surface area (Å²) in [6.07, 6.45) is 5.47. The lowest BCUT2D eigenvalue weighted by atomic mass is 9.78. The maximum absolute atomic E-state index is 17.1. The molecule has 0 aromatic heterocycles. The van der Waals surface area contributed by atoms with E-state index in [1.165, 1.54) is 7.05 Å². The van der Waals surface area contributed by atoms with Crippen molar-refractivity contribution in [2.75, 3.05) is 44.8 Å². The van der Waals surface area contributed by atoms with Crippen molar-refractivity contribution in [1.82, 2.24) is 14.5 Å². The second-order valence-electron chi connectivity index (χ2n) is 18.1. The average Bonchev–Trinajstić information content (AvgIpc) is 3.57. The zero-order chi connectivity index (χ0) is 45.0. The number of hydrogen-bond donors (Lipinski definition) is 2. The molecule has 330 valence electrons. The summed E-state index contributed by atoms with van der Waals surface area (Å²) < 4.78 is 74.5. The minimum absolute atomic E-state index is 0.110. The maximum Gasteiger partial charge on any atom is 0.333 e. The number of aliphatic hydroxyl groups excluding tert-OH is 2. The highest BCUT2D eigenvalue weighted by Crippen LogP contribution is 2.53. The van der Waals surface area contributed by atoms with Crippen LogP contribution in [-0.2, 0) is 32.1 Å². The van der Waals surface area contributed by atoms with Gasteiger partial charge < -0.3 is 29.6 Å². The molecule has 12 nitrogen and oxygen atoms in total. The van der Waals surface area contributed by atoms with Gasteiger partial charge in [-0.05, 0) is 68.9 Å². The summed E-state index contributed by atoms with van der Waals surface area (Å²) >= 11 is 0. The van der Waals surface area contributed by atoms with Crippen LogP contribution in [0.15, 0.2) is 24.3 Å². The first-order valence-corrected chi connectivity index (χ1v) is 21.2. The number of benzene rings is 3. The molecule has 6 heterocycles. The Morgan fingerprint density at radius 3 is 2.21 bits per heavy atom. The number of carbonyl (C=O) groups excluding carboxylic acids is 4. The van der Waals surface area contributed by atoms with Crippen molar-refractivity contribution in [3.8, 4) is 11.5 Å². The third-order valence-electron chi connectivity index (χ3n) is 13.2. The van der Waals surface area contributed by atoms with Crippen LogP contribution in [0.2, 0.25) is 0 Å². The number of fused-ring (bicyclic) bond motifs is 4. The number of hydroxylamine groups is 2. The molecule has 63 heavy (non-hydrogen) atoms. The number of carbonyl (C=O) groups is 4. The van der Waals surface area contributed by atoms with Crippen molar-refractivity contribution < 1.29 is 56.5 Å². The van der Waals surface area contributed by atoms with Gasteiger partial charge in [0.2, 0.25) is 5.36 Å². The Morgan fingerprint density at radius 2 is 1.51 bits per heavy atom. The Labute approximate surface area is 359 Å². The minimum atomic E-state index is -2.20. The first-order valence-electron chi connectivity index (χ1n) is 21.2. The van der Waals surface area contributed by atoms with E-state index in [4.69, 9.17) is 9.57 Å². The van der Waals surface area contributed by atoms with Gasteiger partial charge in [-0.2, -0.15) is 0 Å². The average molecular weight is 872 g/mol. The summed E-state index contributed by atoms with van der Waals surface area (Å²) in [6.45, 7) is 8.42. The normalized spacial score (nSPS) is 18.8. The molecule has 0 aliphatic carbocycles. The predicted octanol–water partition coefficient (Wildman–Crippen LogP) is 4.58. The molecule has 0 unspecified atom stereocenters. The second kappa shape index (κ2) is 15.1. The van der Waals surface area contributed by atoms with Crippen LogP contribution in [0.5, 0.6) is 11.5 Å². The largest absolute Gasteiger partial charge is 0.455 e. The molecule has 9 rings (SSSR count). The fourth-order valence-corrected chi connectivity index (χ4v) is 10.4. The number of anilines is 1. The summed E-state index contributed by atoms with van der Waals surface area (Å²) in [5, 5.41) is 22.9. The van der Waals surface area contributed by atoms with Crippen LogP contribution in [0.4, 0.5) is 23.2 Å². The highest BCUT2D eigenvalue weighted by atomic mass is 19.2. The van der Waals surface area contributed by atoms with Gasteiger partial charge in [0.15, 0.2) is 28.8 Å². The molecule has 1 saturated heterocycles. The summed E-state index contributed by atoms with van der Waals surface area (Å²) in [5.41, 5.74) is 1.51. The monoisotopic (exact) mass is 871 g/mol. The Morgan fingerprint density at radius 1 is 0.841 bits per heavy atom. The molecule has 3 aromatic rings. The van der Waals surface area contributed by atoms with Gasteiger partial charge in [-0.15, -0.1) is 5.06 Å². The number of ether oxygens (including phenoxy) is 1. The Bertz CT molecular complexity index is 2800. The SMILES string of the molecule is CN(CCCC(=O)ON1C(=O)CCC1=O)C(=O)c1c(F)c(F)c(F)c(F)c1C1=c2cc3c4c(c2Oc2c1cc1c5c2CCCN5C(C)(C)C=C1CO)CCC[N+]=4C(C)(C)C=C3CO. The zero-order valence-electron chi connectivity index (χ0n) is 35.6. The number of aliphatic hydroxyl groups is 2. The third-order valence-corrected chi connectivity index (χ3v) is 13.2. The molecule has 3 amide bonds. The van der Waals surface area contributed by atoms with Crippen molar-refractivity contribution in [2.24, 2.45) is 0 Å². The van der Waals surface area contributed by atoms with Crippen molar-refractivity contribution in [3.63, 3.8) is 0 Å². The molecule has 2 N–H and O–H groups in total. The van der Waals surface area contributed by atoms with Gasteiger partial charge in [-0.25, -0.2) is 26.9 Å². The van der Waals surface area contributed by atoms with Crippen LogP contribution in [0.25, 0.3) is 16.7 Å².